The summed E-state index contributed by atoms with van der Waals surface area (Å²) < 4.78 is 49.9. The van der Waals surface area contributed by atoms with Crippen LogP contribution >= 0.6 is 0 Å². The number of alkyl halides is 3. The molecule has 1 aromatic carbocycles. The van der Waals surface area contributed by atoms with Gasteiger partial charge in [-0.25, -0.2) is 0 Å². The molecular weight excluding hydrogens is 413 g/mol. The van der Waals surface area contributed by atoms with Crippen LogP contribution in [-0.2, 0) is 25.2 Å². The minimum absolute atomic E-state index is 0.0471. The summed E-state index contributed by atoms with van der Waals surface area (Å²) in [6, 6.07) is 3.26. The number of carbonyl (C=O) groups is 2. The van der Waals surface area contributed by atoms with Crippen LogP contribution in [-0.4, -0.2) is 44.8 Å². The summed E-state index contributed by atoms with van der Waals surface area (Å²) >= 11 is 0. The number of morpholine rings is 1. The van der Waals surface area contributed by atoms with E-state index in [-0.39, 0.29) is 5.69 Å². The third kappa shape index (κ3) is 5.31. The van der Waals surface area contributed by atoms with E-state index in [1.54, 1.807) is 0 Å². The Hall–Kier alpha value is -2.29. The summed E-state index contributed by atoms with van der Waals surface area (Å²) in [6.07, 6.45) is 0.384. The molecule has 3 aliphatic rings. The van der Waals surface area contributed by atoms with Crippen molar-refractivity contribution in [3.8, 4) is 0 Å². The van der Waals surface area contributed by atoms with E-state index in [2.05, 4.69) is 5.32 Å². The maximum absolute atomic E-state index is 13.2. The zero-order valence-electron chi connectivity index (χ0n) is 17.2. The summed E-state index contributed by atoms with van der Waals surface area (Å²) in [5, 5.41) is 2.50. The van der Waals surface area contributed by atoms with E-state index in [0.29, 0.717) is 56.2 Å². The van der Waals surface area contributed by atoms with Crippen molar-refractivity contribution in [2.24, 2.45) is 17.8 Å². The van der Waals surface area contributed by atoms with Gasteiger partial charge in [0.25, 0.3) is 5.91 Å². The molecule has 0 spiro atoms. The lowest BCUT2D eigenvalue weighted by atomic mass is 9.86. The topological polar surface area (TPSA) is 67.9 Å². The molecule has 0 aromatic heterocycles. The molecule has 0 unspecified atom stereocenters. The van der Waals surface area contributed by atoms with E-state index in [1.807, 2.05) is 4.90 Å². The predicted octanol–water partition coefficient (Wildman–Crippen LogP) is 3.85. The summed E-state index contributed by atoms with van der Waals surface area (Å²) in [4.78, 5) is 26.4. The fraction of sp³-hybridized carbons (Fsp3) is 0.636. The van der Waals surface area contributed by atoms with Gasteiger partial charge in [0.15, 0.2) is 6.61 Å². The van der Waals surface area contributed by atoms with Crippen molar-refractivity contribution in [3.63, 3.8) is 0 Å². The van der Waals surface area contributed by atoms with E-state index in [9.17, 15) is 22.8 Å². The number of carbonyl (C=O) groups excluding carboxylic acids is 2. The molecule has 2 aliphatic carbocycles. The minimum atomic E-state index is -4.53. The number of nitrogens with one attached hydrogen (secondary N) is 1. The molecule has 2 saturated carbocycles. The lowest BCUT2D eigenvalue weighted by Gasteiger charge is -2.31. The monoisotopic (exact) mass is 440 g/mol. The van der Waals surface area contributed by atoms with Gasteiger partial charge < -0.3 is 19.7 Å². The molecule has 3 atom stereocenters. The van der Waals surface area contributed by atoms with Gasteiger partial charge in [0.2, 0.25) is 0 Å². The van der Waals surface area contributed by atoms with Crippen LogP contribution in [0.5, 0.6) is 0 Å². The van der Waals surface area contributed by atoms with Crippen molar-refractivity contribution in [3.05, 3.63) is 23.8 Å². The Bertz CT molecular complexity index is 823. The molecule has 4 rings (SSSR count). The highest BCUT2D eigenvalue weighted by atomic mass is 19.4. The van der Waals surface area contributed by atoms with E-state index < -0.39 is 30.2 Å². The first-order chi connectivity index (χ1) is 14.8. The highest BCUT2D eigenvalue weighted by Gasteiger charge is 2.40. The molecule has 1 amide bonds. The van der Waals surface area contributed by atoms with Crippen LogP contribution in [0.25, 0.3) is 0 Å². The van der Waals surface area contributed by atoms with Gasteiger partial charge in [-0.15, -0.1) is 0 Å². The number of rotatable bonds is 6. The Morgan fingerprint density at radius 3 is 2.58 bits per heavy atom. The number of benzene rings is 1. The van der Waals surface area contributed by atoms with Crippen molar-refractivity contribution in [1.29, 1.82) is 0 Å². The molecule has 1 saturated heterocycles. The lowest BCUT2D eigenvalue weighted by molar-refractivity contribution is -0.148. The van der Waals surface area contributed by atoms with Crippen LogP contribution in [0, 0.1) is 17.8 Å². The molecule has 1 N–H and O–H groups in total. The first kappa shape index (κ1) is 21.9. The second-order valence-electron chi connectivity index (χ2n) is 8.68. The molecule has 1 heterocycles. The number of ether oxygens (including phenoxy) is 2. The van der Waals surface area contributed by atoms with E-state index in [4.69, 9.17) is 9.47 Å². The fourth-order valence-corrected chi connectivity index (χ4v) is 5.12. The number of hydrogen-bond donors (Lipinski definition) is 1. The van der Waals surface area contributed by atoms with Crippen LogP contribution in [0.15, 0.2) is 18.2 Å². The zero-order valence-corrected chi connectivity index (χ0v) is 17.2. The predicted molar refractivity (Wildman–Crippen MR) is 108 cm³/mol. The van der Waals surface area contributed by atoms with E-state index >= 15 is 0 Å². The first-order valence-corrected chi connectivity index (χ1v) is 10.8. The van der Waals surface area contributed by atoms with Gasteiger partial charge in [0.05, 0.1) is 30.2 Å². The number of anilines is 2. The van der Waals surface area contributed by atoms with Gasteiger partial charge in [-0.3, -0.25) is 9.59 Å². The van der Waals surface area contributed by atoms with Crippen LogP contribution in [0.1, 0.15) is 37.7 Å². The number of halogens is 3. The number of esters is 1. The summed E-state index contributed by atoms with van der Waals surface area (Å²) in [6.45, 7) is 1.40. The SMILES string of the molecule is O=C(COC(=O)C[C@@H]1C[C@H]2CC[C@H]1C2)Nc1cc(C(F)(F)F)ccc1N1CCOCC1. The quantitative estimate of drug-likeness (QED) is 0.681. The maximum atomic E-state index is 13.2. The summed E-state index contributed by atoms with van der Waals surface area (Å²) in [7, 11) is 0. The summed E-state index contributed by atoms with van der Waals surface area (Å²) in [5.41, 5.74) is -0.322. The average Bonchev–Trinajstić information content (AvgIpc) is 3.35. The van der Waals surface area contributed by atoms with Crippen molar-refractivity contribution in [2.75, 3.05) is 43.1 Å². The smallest absolute Gasteiger partial charge is 0.416 e. The van der Waals surface area contributed by atoms with Gasteiger partial charge in [-0.1, -0.05) is 6.42 Å². The molecule has 6 nitrogen and oxygen atoms in total. The van der Waals surface area contributed by atoms with Crippen LogP contribution in [0.3, 0.4) is 0 Å². The largest absolute Gasteiger partial charge is 0.456 e. The molecule has 0 radical (unpaired) electrons. The number of nitrogens with zero attached hydrogens (tertiary/aromatic N) is 1. The van der Waals surface area contributed by atoms with Crippen molar-refractivity contribution in [1.82, 2.24) is 0 Å². The van der Waals surface area contributed by atoms with Crippen molar-refractivity contribution < 1.29 is 32.2 Å². The molecule has 2 bridgehead atoms. The second-order valence-corrected chi connectivity index (χ2v) is 8.68. The first-order valence-electron chi connectivity index (χ1n) is 10.8. The Labute approximate surface area is 179 Å². The van der Waals surface area contributed by atoms with E-state index in [0.717, 1.165) is 25.0 Å². The van der Waals surface area contributed by atoms with Crippen LogP contribution < -0.4 is 10.2 Å². The Balaban J connectivity index is 1.37. The highest BCUT2D eigenvalue weighted by molar-refractivity contribution is 5.96. The molecule has 3 fully saturated rings. The normalized spacial score (nSPS) is 25.5. The van der Waals surface area contributed by atoms with Crippen LogP contribution in [0.4, 0.5) is 24.5 Å². The summed E-state index contributed by atoms with van der Waals surface area (Å²) in [5.74, 6) is 0.532. The third-order valence-electron chi connectivity index (χ3n) is 6.63. The Morgan fingerprint density at radius 2 is 1.94 bits per heavy atom. The van der Waals surface area contributed by atoms with E-state index in [1.165, 1.54) is 18.9 Å². The standard InChI is InChI=1S/C22H27F3N2O4/c23-22(24,25)17-3-4-19(27-5-7-30-8-6-27)18(12-17)26-20(28)13-31-21(29)11-16-10-14-1-2-15(16)9-14/h3-4,12,14-16H,1-2,5-11,13H2,(H,26,28)/t14-,15-,16-/m0/s1. The number of amides is 1. The maximum Gasteiger partial charge on any atom is 0.416 e. The van der Waals surface area contributed by atoms with Crippen LogP contribution in [0.2, 0.25) is 0 Å². The third-order valence-corrected chi connectivity index (χ3v) is 6.63. The number of hydrogen-bond acceptors (Lipinski definition) is 5. The highest BCUT2D eigenvalue weighted by Crippen LogP contribution is 2.49. The van der Waals surface area contributed by atoms with Crippen molar-refractivity contribution >= 4 is 23.3 Å². The molecule has 31 heavy (non-hydrogen) atoms. The number of fused-ring (bicyclic) bond motifs is 2. The molecule has 1 aliphatic heterocycles. The van der Waals surface area contributed by atoms with Gasteiger partial charge in [-0.2, -0.15) is 13.2 Å². The fourth-order valence-electron chi connectivity index (χ4n) is 5.12. The molecule has 1 aromatic rings. The van der Waals surface area contributed by atoms with Gasteiger partial charge in [-0.05, 0) is 55.2 Å². The molecule has 9 heteroatoms. The zero-order chi connectivity index (χ0) is 22.0. The molecule has 170 valence electrons. The van der Waals surface area contributed by atoms with Crippen molar-refractivity contribution in [2.45, 2.75) is 38.3 Å². The molecular formula is C22H27F3N2O4. The van der Waals surface area contributed by atoms with Gasteiger partial charge in [0, 0.05) is 19.5 Å². The minimum Gasteiger partial charge on any atom is -0.456 e. The van der Waals surface area contributed by atoms with Gasteiger partial charge >= 0.3 is 12.1 Å². The Kier molecular flexibility index (Phi) is 6.41. The second kappa shape index (κ2) is 9.06. The average molecular weight is 440 g/mol. The van der Waals surface area contributed by atoms with Gasteiger partial charge in [0.1, 0.15) is 0 Å². The Morgan fingerprint density at radius 1 is 1.16 bits per heavy atom. The lowest BCUT2D eigenvalue weighted by Crippen LogP contribution is -2.37.